The first-order valence-electron chi connectivity index (χ1n) is 8.46. The number of anilines is 1. The van der Waals surface area contributed by atoms with Crippen molar-refractivity contribution in [1.82, 2.24) is 9.80 Å². The minimum Gasteiger partial charge on any atom is -0.369 e. The number of para-hydroxylation sites is 1. The van der Waals surface area contributed by atoms with Crippen LogP contribution in [0.15, 0.2) is 54.6 Å². The Balaban J connectivity index is 1.37. The van der Waals surface area contributed by atoms with Gasteiger partial charge >= 0.3 is 0 Å². The molecule has 1 aromatic carbocycles. The highest BCUT2D eigenvalue weighted by atomic mass is 16.2. The molecular formula is C19H21N3O2. The van der Waals surface area contributed by atoms with Crippen LogP contribution in [0.4, 0.5) is 5.69 Å². The summed E-state index contributed by atoms with van der Waals surface area (Å²) >= 11 is 0. The summed E-state index contributed by atoms with van der Waals surface area (Å²) in [5, 5.41) is 0. The highest BCUT2D eigenvalue weighted by Crippen LogP contribution is 2.31. The van der Waals surface area contributed by atoms with E-state index < -0.39 is 0 Å². The van der Waals surface area contributed by atoms with E-state index in [1.54, 1.807) is 0 Å². The lowest BCUT2D eigenvalue weighted by Crippen LogP contribution is -2.51. The number of likely N-dealkylation sites (tertiary alicyclic amines) is 1. The van der Waals surface area contributed by atoms with Gasteiger partial charge in [-0.1, -0.05) is 42.5 Å². The number of imide groups is 1. The van der Waals surface area contributed by atoms with E-state index in [0.717, 1.165) is 26.2 Å². The molecule has 0 radical (unpaired) electrons. The lowest BCUT2D eigenvalue weighted by Gasteiger charge is -2.37. The van der Waals surface area contributed by atoms with E-state index in [0.29, 0.717) is 6.67 Å². The molecule has 24 heavy (non-hydrogen) atoms. The summed E-state index contributed by atoms with van der Waals surface area (Å²) in [5.74, 6) is -0.714. The van der Waals surface area contributed by atoms with Crippen LogP contribution in [-0.4, -0.2) is 54.5 Å². The van der Waals surface area contributed by atoms with Crippen LogP contribution in [-0.2, 0) is 9.59 Å². The number of rotatable bonds is 3. The van der Waals surface area contributed by atoms with Gasteiger partial charge in [0.25, 0.3) is 0 Å². The number of carbonyl (C=O) groups is 2. The number of piperazine rings is 1. The Morgan fingerprint density at radius 3 is 2.00 bits per heavy atom. The number of hydrogen-bond acceptors (Lipinski definition) is 4. The molecule has 2 aliphatic heterocycles. The summed E-state index contributed by atoms with van der Waals surface area (Å²) in [4.78, 5) is 31.0. The fraction of sp³-hybridized carbons (Fsp3) is 0.368. The third-order valence-corrected chi connectivity index (χ3v) is 5.07. The maximum atomic E-state index is 12.5. The van der Waals surface area contributed by atoms with Crippen LogP contribution in [0, 0.1) is 11.8 Å². The maximum absolute atomic E-state index is 12.5. The topological polar surface area (TPSA) is 43.9 Å². The normalized spacial score (nSPS) is 27.0. The molecule has 1 aliphatic carbocycles. The molecule has 0 aromatic heterocycles. The second-order valence-electron chi connectivity index (χ2n) is 6.51. The molecule has 5 nitrogen and oxygen atoms in total. The van der Waals surface area contributed by atoms with Crippen molar-refractivity contribution >= 4 is 17.5 Å². The fourth-order valence-electron chi connectivity index (χ4n) is 3.67. The van der Waals surface area contributed by atoms with Gasteiger partial charge in [0.15, 0.2) is 0 Å². The van der Waals surface area contributed by atoms with Gasteiger partial charge in [-0.05, 0) is 12.1 Å². The Kier molecular flexibility index (Phi) is 3.94. The Labute approximate surface area is 141 Å². The predicted octanol–water partition coefficient (Wildman–Crippen LogP) is 1.49. The quantitative estimate of drug-likeness (QED) is 0.791. The van der Waals surface area contributed by atoms with Crippen molar-refractivity contribution in [3.8, 4) is 0 Å². The summed E-state index contributed by atoms with van der Waals surface area (Å²) in [6.07, 6.45) is 7.40. The molecule has 5 heteroatoms. The lowest BCUT2D eigenvalue weighted by atomic mass is 9.91. The number of hydrogen-bond donors (Lipinski definition) is 0. The van der Waals surface area contributed by atoms with Crippen LogP contribution in [0.5, 0.6) is 0 Å². The van der Waals surface area contributed by atoms with E-state index in [1.807, 2.05) is 42.5 Å². The van der Waals surface area contributed by atoms with Gasteiger partial charge in [0.05, 0.1) is 18.5 Å². The molecule has 0 unspecified atom stereocenters. The van der Waals surface area contributed by atoms with Crippen LogP contribution in [0.3, 0.4) is 0 Å². The molecule has 0 N–H and O–H groups in total. The molecule has 2 heterocycles. The van der Waals surface area contributed by atoms with Crippen molar-refractivity contribution in [2.24, 2.45) is 11.8 Å². The zero-order chi connectivity index (χ0) is 16.5. The summed E-state index contributed by atoms with van der Waals surface area (Å²) in [7, 11) is 0. The molecule has 124 valence electrons. The largest absolute Gasteiger partial charge is 0.369 e. The minimum absolute atomic E-state index is 0.0592. The Hall–Kier alpha value is -2.40. The van der Waals surface area contributed by atoms with Crippen molar-refractivity contribution in [2.75, 3.05) is 37.7 Å². The standard InChI is InChI=1S/C19H21N3O2/c23-18-16-8-4-5-9-17(16)19(24)22(18)14-20-10-12-21(13-11-20)15-6-2-1-3-7-15/h1-9,16-17H,10-14H2/t16-,17-/m1/s1. The van der Waals surface area contributed by atoms with E-state index in [1.165, 1.54) is 10.6 Å². The highest BCUT2D eigenvalue weighted by molar-refractivity contribution is 6.07. The van der Waals surface area contributed by atoms with Crippen LogP contribution < -0.4 is 4.90 Å². The third kappa shape index (κ3) is 2.65. The summed E-state index contributed by atoms with van der Waals surface area (Å²) < 4.78 is 0. The number of benzene rings is 1. The average molecular weight is 323 g/mol. The molecule has 2 amide bonds. The summed E-state index contributed by atoms with van der Waals surface area (Å²) in [5.41, 5.74) is 1.23. The van der Waals surface area contributed by atoms with Crippen LogP contribution >= 0.6 is 0 Å². The summed E-state index contributed by atoms with van der Waals surface area (Å²) in [6, 6.07) is 10.4. The molecule has 0 saturated carbocycles. The van der Waals surface area contributed by atoms with Crippen LogP contribution in [0.1, 0.15) is 0 Å². The van der Waals surface area contributed by atoms with Gasteiger partial charge in [0.1, 0.15) is 0 Å². The maximum Gasteiger partial charge on any atom is 0.238 e. The van der Waals surface area contributed by atoms with Gasteiger partial charge in [0, 0.05) is 31.9 Å². The molecule has 2 saturated heterocycles. The van der Waals surface area contributed by atoms with E-state index in [9.17, 15) is 9.59 Å². The second-order valence-corrected chi connectivity index (χ2v) is 6.51. The molecule has 0 bridgehead atoms. The van der Waals surface area contributed by atoms with Crippen LogP contribution in [0.2, 0.25) is 0 Å². The van der Waals surface area contributed by atoms with Crippen molar-refractivity contribution in [1.29, 1.82) is 0 Å². The number of amides is 2. The molecule has 3 aliphatic rings. The van der Waals surface area contributed by atoms with Gasteiger partial charge in [-0.25, -0.2) is 0 Å². The summed E-state index contributed by atoms with van der Waals surface area (Å²) in [6.45, 7) is 3.94. The Bertz CT molecular complexity index is 660. The van der Waals surface area contributed by atoms with Gasteiger partial charge in [0.2, 0.25) is 11.8 Å². The zero-order valence-electron chi connectivity index (χ0n) is 13.5. The molecule has 0 spiro atoms. The first kappa shape index (κ1) is 15.1. The smallest absolute Gasteiger partial charge is 0.238 e. The number of fused-ring (bicyclic) bond motifs is 1. The zero-order valence-corrected chi connectivity index (χ0v) is 13.5. The van der Waals surface area contributed by atoms with Crippen molar-refractivity contribution in [3.63, 3.8) is 0 Å². The minimum atomic E-state index is -0.298. The molecule has 2 atom stereocenters. The SMILES string of the molecule is O=C1[C@@H]2C=CC=C[C@H]2C(=O)N1CN1CCN(c2ccccc2)CC1. The first-order valence-corrected chi connectivity index (χ1v) is 8.46. The molecule has 2 fully saturated rings. The van der Waals surface area contributed by atoms with E-state index in [-0.39, 0.29) is 23.7 Å². The predicted molar refractivity (Wildman–Crippen MR) is 92.2 cm³/mol. The average Bonchev–Trinajstić information content (AvgIpc) is 2.88. The fourth-order valence-corrected chi connectivity index (χ4v) is 3.67. The Morgan fingerprint density at radius 1 is 0.833 bits per heavy atom. The molecule has 4 rings (SSSR count). The number of carbonyl (C=O) groups excluding carboxylic acids is 2. The number of allylic oxidation sites excluding steroid dienone is 2. The van der Waals surface area contributed by atoms with Crippen molar-refractivity contribution in [3.05, 3.63) is 54.6 Å². The first-order chi connectivity index (χ1) is 11.7. The third-order valence-electron chi connectivity index (χ3n) is 5.07. The highest BCUT2D eigenvalue weighted by Gasteiger charge is 2.46. The molecular weight excluding hydrogens is 302 g/mol. The van der Waals surface area contributed by atoms with Gasteiger partial charge in [-0.15, -0.1) is 0 Å². The molecule has 1 aromatic rings. The van der Waals surface area contributed by atoms with Crippen molar-refractivity contribution < 1.29 is 9.59 Å². The van der Waals surface area contributed by atoms with Crippen LogP contribution in [0.25, 0.3) is 0 Å². The van der Waals surface area contributed by atoms with Crippen molar-refractivity contribution in [2.45, 2.75) is 0 Å². The van der Waals surface area contributed by atoms with E-state index >= 15 is 0 Å². The number of nitrogens with zero attached hydrogens (tertiary/aromatic N) is 3. The van der Waals surface area contributed by atoms with E-state index in [2.05, 4.69) is 21.9 Å². The monoisotopic (exact) mass is 323 g/mol. The van der Waals surface area contributed by atoms with E-state index in [4.69, 9.17) is 0 Å². The van der Waals surface area contributed by atoms with Gasteiger partial charge < -0.3 is 4.90 Å². The second kappa shape index (κ2) is 6.24. The lowest BCUT2D eigenvalue weighted by molar-refractivity contribution is -0.142. The Morgan fingerprint density at radius 2 is 1.42 bits per heavy atom. The van der Waals surface area contributed by atoms with Gasteiger partial charge in [-0.3, -0.25) is 19.4 Å². The van der Waals surface area contributed by atoms with Gasteiger partial charge in [-0.2, -0.15) is 0 Å².